The Balaban J connectivity index is 1.93. The number of hydrogen-bond acceptors (Lipinski definition) is 3. The first-order valence-corrected chi connectivity index (χ1v) is 7.01. The van der Waals surface area contributed by atoms with Crippen molar-refractivity contribution in [2.75, 3.05) is 39.4 Å². The molecule has 1 heterocycles. The van der Waals surface area contributed by atoms with Gasteiger partial charge in [-0.05, 0) is 45.3 Å². The van der Waals surface area contributed by atoms with Gasteiger partial charge in [-0.25, -0.2) is 0 Å². The van der Waals surface area contributed by atoms with E-state index in [1.807, 2.05) is 6.08 Å². The van der Waals surface area contributed by atoms with Crippen molar-refractivity contribution in [2.24, 2.45) is 0 Å². The summed E-state index contributed by atoms with van der Waals surface area (Å²) >= 11 is 0. The van der Waals surface area contributed by atoms with E-state index in [1.165, 1.54) is 38.9 Å². The summed E-state index contributed by atoms with van der Waals surface area (Å²) in [6, 6.07) is 0.700. The van der Waals surface area contributed by atoms with Crippen LogP contribution in [0, 0.1) is 0 Å². The molecular weight excluding hydrogens is 212 g/mol. The second-order valence-corrected chi connectivity index (χ2v) is 4.76. The van der Waals surface area contributed by atoms with Crippen LogP contribution in [0.15, 0.2) is 12.7 Å². The molecule has 0 aliphatic carbocycles. The average Bonchev–Trinajstić information content (AvgIpc) is 2.36. The lowest BCUT2D eigenvalue weighted by atomic mass is 10.1. The Hall–Kier alpha value is -0.380. The smallest absolute Gasteiger partial charge is 0.0591 e. The van der Waals surface area contributed by atoms with Crippen LogP contribution in [-0.4, -0.2) is 50.3 Å². The minimum absolute atomic E-state index is 0.700. The van der Waals surface area contributed by atoms with Crippen LogP contribution in [0.5, 0.6) is 0 Å². The summed E-state index contributed by atoms with van der Waals surface area (Å²) in [5, 5.41) is 3.58. The number of nitrogens with zero attached hydrogens (tertiary/aromatic N) is 1. The lowest BCUT2D eigenvalue weighted by Gasteiger charge is -2.32. The number of piperidine rings is 1. The SMILES string of the molecule is C=CCCOCCNC1CCN(CCC)CC1. The fraction of sp³-hybridized carbons (Fsp3) is 0.857. The summed E-state index contributed by atoms with van der Waals surface area (Å²) in [4.78, 5) is 2.57. The molecule has 0 aromatic rings. The molecule has 0 aromatic heterocycles. The molecule has 0 aromatic carbocycles. The van der Waals surface area contributed by atoms with Crippen molar-refractivity contribution in [1.29, 1.82) is 0 Å². The minimum atomic E-state index is 0.700. The van der Waals surface area contributed by atoms with Gasteiger partial charge in [0.05, 0.1) is 13.2 Å². The van der Waals surface area contributed by atoms with Crippen molar-refractivity contribution in [3.05, 3.63) is 12.7 Å². The zero-order valence-electron chi connectivity index (χ0n) is 11.3. The van der Waals surface area contributed by atoms with Crippen molar-refractivity contribution in [3.63, 3.8) is 0 Å². The van der Waals surface area contributed by atoms with E-state index in [4.69, 9.17) is 4.74 Å². The summed E-state index contributed by atoms with van der Waals surface area (Å²) in [5.74, 6) is 0. The Morgan fingerprint density at radius 1 is 1.35 bits per heavy atom. The second kappa shape index (κ2) is 9.63. The summed E-state index contributed by atoms with van der Waals surface area (Å²) in [7, 11) is 0. The van der Waals surface area contributed by atoms with Crippen LogP contribution in [-0.2, 0) is 4.74 Å². The molecular formula is C14H28N2O. The molecule has 1 aliphatic heterocycles. The number of nitrogens with one attached hydrogen (secondary N) is 1. The first-order valence-electron chi connectivity index (χ1n) is 7.01. The van der Waals surface area contributed by atoms with Crippen LogP contribution >= 0.6 is 0 Å². The van der Waals surface area contributed by atoms with Gasteiger partial charge in [0.2, 0.25) is 0 Å². The topological polar surface area (TPSA) is 24.5 Å². The van der Waals surface area contributed by atoms with E-state index in [0.717, 1.165) is 26.2 Å². The highest BCUT2D eigenvalue weighted by Gasteiger charge is 2.17. The fourth-order valence-corrected chi connectivity index (χ4v) is 2.28. The lowest BCUT2D eigenvalue weighted by Crippen LogP contribution is -2.43. The van der Waals surface area contributed by atoms with Gasteiger partial charge in [0, 0.05) is 12.6 Å². The average molecular weight is 240 g/mol. The van der Waals surface area contributed by atoms with Gasteiger partial charge in [0.25, 0.3) is 0 Å². The van der Waals surface area contributed by atoms with Gasteiger partial charge in [0.15, 0.2) is 0 Å². The molecule has 1 aliphatic rings. The van der Waals surface area contributed by atoms with Crippen LogP contribution in [0.3, 0.4) is 0 Å². The standard InChI is InChI=1S/C14H28N2O/c1-3-5-12-17-13-8-15-14-6-10-16(9-4-2)11-7-14/h3,14-15H,1,4-13H2,2H3. The van der Waals surface area contributed by atoms with Gasteiger partial charge < -0.3 is 15.0 Å². The van der Waals surface area contributed by atoms with Gasteiger partial charge in [0.1, 0.15) is 0 Å². The monoisotopic (exact) mass is 240 g/mol. The molecule has 0 amide bonds. The molecule has 3 nitrogen and oxygen atoms in total. The maximum atomic E-state index is 5.48. The first kappa shape index (κ1) is 14.7. The maximum absolute atomic E-state index is 5.48. The normalized spacial score (nSPS) is 18.4. The zero-order chi connectivity index (χ0) is 12.3. The zero-order valence-corrected chi connectivity index (χ0v) is 11.3. The number of rotatable bonds is 9. The van der Waals surface area contributed by atoms with E-state index in [9.17, 15) is 0 Å². The van der Waals surface area contributed by atoms with Crippen LogP contribution in [0.1, 0.15) is 32.6 Å². The Morgan fingerprint density at radius 2 is 2.12 bits per heavy atom. The van der Waals surface area contributed by atoms with Gasteiger partial charge >= 0.3 is 0 Å². The van der Waals surface area contributed by atoms with Crippen molar-refractivity contribution >= 4 is 0 Å². The predicted molar refractivity (Wildman–Crippen MR) is 73.4 cm³/mol. The van der Waals surface area contributed by atoms with Crippen LogP contribution in [0.25, 0.3) is 0 Å². The molecule has 0 radical (unpaired) electrons. The van der Waals surface area contributed by atoms with E-state index in [0.29, 0.717) is 6.04 Å². The molecule has 0 saturated carbocycles. The van der Waals surface area contributed by atoms with E-state index >= 15 is 0 Å². The Morgan fingerprint density at radius 3 is 2.76 bits per heavy atom. The fourth-order valence-electron chi connectivity index (χ4n) is 2.28. The summed E-state index contributed by atoms with van der Waals surface area (Å²) in [5.41, 5.74) is 0. The molecule has 0 unspecified atom stereocenters. The molecule has 100 valence electrons. The quantitative estimate of drug-likeness (QED) is 0.493. The number of ether oxygens (including phenoxy) is 1. The molecule has 1 N–H and O–H groups in total. The molecule has 1 rings (SSSR count). The summed E-state index contributed by atoms with van der Waals surface area (Å²) in [6.07, 6.45) is 6.70. The van der Waals surface area contributed by atoms with Crippen LogP contribution in [0.2, 0.25) is 0 Å². The van der Waals surface area contributed by atoms with Gasteiger partial charge in [-0.1, -0.05) is 13.0 Å². The molecule has 1 saturated heterocycles. The predicted octanol–water partition coefficient (Wildman–Crippen LogP) is 2.04. The third-order valence-corrected chi connectivity index (χ3v) is 3.27. The molecule has 0 atom stereocenters. The summed E-state index contributed by atoms with van der Waals surface area (Å²) < 4.78 is 5.48. The minimum Gasteiger partial charge on any atom is -0.380 e. The molecule has 17 heavy (non-hydrogen) atoms. The van der Waals surface area contributed by atoms with Crippen molar-refractivity contribution < 1.29 is 4.74 Å². The number of likely N-dealkylation sites (tertiary alicyclic amines) is 1. The largest absolute Gasteiger partial charge is 0.380 e. The van der Waals surface area contributed by atoms with Crippen molar-refractivity contribution in [3.8, 4) is 0 Å². The molecule has 0 bridgehead atoms. The van der Waals surface area contributed by atoms with E-state index in [2.05, 4.69) is 23.7 Å². The Bertz CT molecular complexity index is 189. The Kier molecular flexibility index (Phi) is 8.32. The Labute approximate surface area is 106 Å². The first-order chi connectivity index (χ1) is 8.36. The van der Waals surface area contributed by atoms with E-state index < -0.39 is 0 Å². The number of hydrogen-bond donors (Lipinski definition) is 1. The van der Waals surface area contributed by atoms with Crippen LogP contribution in [0.4, 0.5) is 0 Å². The van der Waals surface area contributed by atoms with Gasteiger partial charge in [-0.3, -0.25) is 0 Å². The van der Waals surface area contributed by atoms with Crippen molar-refractivity contribution in [2.45, 2.75) is 38.6 Å². The third kappa shape index (κ3) is 6.81. The third-order valence-electron chi connectivity index (χ3n) is 3.27. The summed E-state index contributed by atoms with van der Waals surface area (Å²) in [6.45, 7) is 12.3. The highest BCUT2D eigenvalue weighted by Crippen LogP contribution is 2.10. The highest BCUT2D eigenvalue weighted by molar-refractivity contribution is 4.76. The van der Waals surface area contributed by atoms with Gasteiger partial charge in [-0.15, -0.1) is 6.58 Å². The molecule has 0 spiro atoms. The highest BCUT2D eigenvalue weighted by atomic mass is 16.5. The van der Waals surface area contributed by atoms with Gasteiger partial charge in [-0.2, -0.15) is 0 Å². The molecule has 3 heteroatoms. The van der Waals surface area contributed by atoms with E-state index in [-0.39, 0.29) is 0 Å². The lowest BCUT2D eigenvalue weighted by molar-refractivity contribution is 0.132. The maximum Gasteiger partial charge on any atom is 0.0591 e. The molecule has 1 fully saturated rings. The second-order valence-electron chi connectivity index (χ2n) is 4.76. The van der Waals surface area contributed by atoms with E-state index in [1.54, 1.807) is 0 Å². The van der Waals surface area contributed by atoms with Crippen molar-refractivity contribution in [1.82, 2.24) is 10.2 Å². The van der Waals surface area contributed by atoms with Crippen LogP contribution < -0.4 is 5.32 Å².